The molecule has 1 aliphatic heterocycles. The predicted octanol–water partition coefficient (Wildman–Crippen LogP) is 1.60. The summed E-state index contributed by atoms with van der Waals surface area (Å²) < 4.78 is 0.0266. The highest BCUT2D eigenvalue weighted by atomic mass is 32.2. The molecule has 0 bridgehead atoms. The van der Waals surface area contributed by atoms with Gasteiger partial charge in [-0.05, 0) is 24.8 Å². The number of carbonyl (C=O) groups excluding carboxylic acids is 1. The minimum absolute atomic E-state index is 0.0185. The molecule has 1 N–H and O–H groups in total. The molecule has 1 heterocycles. The van der Waals surface area contributed by atoms with Crippen LogP contribution < -0.4 is 5.32 Å². The number of allylic oxidation sites excluding steroid dienone is 1. The quantitative estimate of drug-likeness (QED) is 0.528. The maximum absolute atomic E-state index is 10.6. The van der Waals surface area contributed by atoms with Crippen LogP contribution in [0.15, 0.2) is 11.8 Å². The molecular formula is C5H7NOS2. The summed E-state index contributed by atoms with van der Waals surface area (Å²) in [6.45, 7) is 1.85. The van der Waals surface area contributed by atoms with E-state index in [0.717, 1.165) is 5.70 Å². The van der Waals surface area contributed by atoms with Crippen molar-refractivity contribution < 1.29 is 4.79 Å². The second-order valence-corrected chi connectivity index (χ2v) is 3.79. The van der Waals surface area contributed by atoms with Gasteiger partial charge in [0, 0.05) is 5.70 Å². The number of rotatable bonds is 0. The molecule has 2 nitrogen and oxygen atoms in total. The topological polar surface area (TPSA) is 29.1 Å². The molecule has 1 unspecified atom stereocenters. The Morgan fingerprint density at radius 2 is 2.56 bits per heavy atom. The molecule has 1 atom stereocenters. The molecule has 1 rings (SSSR count). The summed E-state index contributed by atoms with van der Waals surface area (Å²) in [6.07, 6.45) is 1.90. The third-order valence-electron chi connectivity index (χ3n) is 0.920. The monoisotopic (exact) mass is 161 g/mol. The Hall–Kier alpha value is -0.0900. The van der Waals surface area contributed by atoms with Gasteiger partial charge < -0.3 is 5.32 Å². The Kier molecular flexibility index (Phi) is 2.08. The number of thiol groups is 1. The first-order valence-corrected chi connectivity index (χ1v) is 3.92. The number of hydrogen-bond acceptors (Lipinski definition) is 3. The fourth-order valence-corrected chi connectivity index (χ4v) is 1.81. The summed E-state index contributed by atoms with van der Waals surface area (Å²) in [5, 5.41) is 2.63. The average Bonchev–Trinajstić information content (AvgIpc) is 1.59. The molecule has 1 aliphatic rings. The van der Waals surface area contributed by atoms with Gasteiger partial charge in [-0.2, -0.15) is 12.6 Å². The Bertz CT molecular complexity index is 166. The van der Waals surface area contributed by atoms with Gasteiger partial charge in [0.15, 0.2) is 0 Å². The van der Waals surface area contributed by atoms with Crippen molar-refractivity contribution >= 4 is 29.6 Å². The molecule has 0 aromatic rings. The van der Waals surface area contributed by atoms with Gasteiger partial charge in [0.2, 0.25) is 0 Å². The van der Waals surface area contributed by atoms with Crippen LogP contribution in [0, 0.1) is 0 Å². The Balaban J connectivity index is 2.67. The molecule has 9 heavy (non-hydrogen) atoms. The fourth-order valence-electron chi connectivity index (χ4n) is 0.590. The molecule has 0 aromatic heterocycles. The molecule has 0 radical (unpaired) electrons. The van der Waals surface area contributed by atoms with Crippen molar-refractivity contribution in [2.75, 3.05) is 0 Å². The first kappa shape index (κ1) is 7.02. The average molecular weight is 161 g/mol. The van der Waals surface area contributed by atoms with E-state index in [1.54, 1.807) is 0 Å². The van der Waals surface area contributed by atoms with Crippen molar-refractivity contribution in [3.05, 3.63) is 11.8 Å². The standard InChI is InChI=1S/C5H7NOS2/c1-3-2-4(8)9-5(7)6-3/h2,4,8H,1H3,(H,6,7). The first-order chi connectivity index (χ1) is 4.18. The van der Waals surface area contributed by atoms with Gasteiger partial charge in [-0.15, -0.1) is 0 Å². The van der Waals surface area contributed by atoms with E-state index in [1.165, 1.54) is 11.8 Å². The largest absolute Gasteiger partial charge is 0.321 e. The molecule has 50 valence electrons. The van der Waals surface area contributed by atoms with E-state index in [4.69, 9.17) is 0 Å². The minimum Gasteiger partial charge on any atom is -0.321 e. The minimum atomic E-state index is -0.0185. The first-order valence-electron chi connectivity index (χ1n) is 2.52. The lowest BCUT2D eigenvalue weighted by Gasteiger charge is -2.13. The molecule has 0 saturated carbocycles. The summed E-state index contributed by atoms with van der Waals surface area (Å²) in [5.41, 5.74) is 0.888. The third-order valence-corrected chi connectivity index (χ3v) is 2.08. The van der Waals surface area contributed by atoms with E-state index in [1.807, 2.05) is 13.0 Å². The van der Waals surface area contributed by atoms with E-state index >= 15 is 0 Å². The molecule has 0 saturated heterocycles. The van der Waals surface area contributed by atoms with Crippen LogP contribution in [0.1, 0.15) is 6.92 Å². The number of hydrogen-bond donors (Lipinski definition) is 2. The molecule has 1 amide bonds. The van der Waals surface area contributed by atoms with Crippen molar-refractivity contribution in [1.82, 2.24) is 5.32 Å². The highest BCUT2D eigenvalue weighted by Crippen LogP contribution is 2.21. The number of thioether (sulfide) groups is 1. The van der Waals surface area contributed by atoms with E-state index in [0.29, 0.717) is 0 Å². The summed E-state index contributed by atoms with van der Waals surface area (Å²) in [4.78, 5) is 10.6. The fraction of sp³-hybridized carbons (Fsp3) is 0.400. The highest BCUT2D eigenvalue weighted by Gasteiger charge is 2.13. The summed E-state index contributed by atoms with van der Waals surface area (Å²) in [5.74, 6) is 0. The Labute approximate surface area is 63.5 Å². The highest BCUT2D eigenvalue weighted by molar-refractivity contribution is 8.21. The number of nitrogens with one attached hydrogen (secondary N) is 1. The van der Waals surface area contributed by atoms with Crippen LogP contribution in [0.3, 0.4) is 0 Å². The van der Waals surface area contributed by atoms with Gasteiger partial charge >= 0.3 is 0 Å². The molecule has 4 heteroatoms. The summed E-state index contributed by atoms with van der Waals surface area (Å²) in [6, 6.07) is 0. The van der Waals surface area contributed by atoms with Gasteiger partial charge in [-0.3, -0.25) is 4.79 Å². The lowest BCUT2D eigenvalue weighted by atomic mass is 10.4. The SMILES string of the molecule is CC1=CC(S)SC(=O)N1. The van der Waals surface area contributed by atoms with Crippen LogP contribution in [0.2, 0.25) is 0 Å². The van der Waals surface area contributed by atoms with Crippen LogP contribution in [-0.4, -0.2) is 9.82 Å². The number of amides is 1. The van der Waals surface area contributed by atoms with Crippen LogP contribution in [0.25, 0.3) is 0 Å². The summed E-state index contributed by atoms with van der Waals surface area (Å²) in [7, 11) is 0. The van der Waals surface area contributed by atoms with Crippen LogP contribution in [0.5, 0.6) is 0 Å². The van der Waals surface area contributed by atoms with Crippen LogP contribution in [-0.2, 0) is 0 Å². The summed E-state index contributed by atoms with van der Waals surface area (Å²) >= 11 is 5.29. The zero-order chi connectivity index (χ0) is 6.85. The van der Waals surface area contributed by atoms with E-state index in [2.05, 4.69) is 17.9 Å². The van der Waals surface area contributed by atoms with E-state index in [9.17, 15) is 4.79 Å². The maximum atomic E-state index is 10.6. The van der Waals surface area contributed by atoms with Crippen molar-refractivity contribution in [3.63, 3.8) is 0 Å². The number of carbonyl (C=O) groups is 1. The third kappa shape index (κ3) is 1.95. The second-order valence-electron chi connectivity index (χ2n) is 1.77. The van der Waals surface area contributed by atoms with Crippen molar-refractivity contribution in [2.45, 2.75) is 11.5 Å². The molecule has 0 fully saturated rings. The maximum Gasteiger partial charge on any atom is 0.284 e. The van der Waals surface area contributed by atoms with Crippen molar-refractivity contribution in [2.24, 2.45) is 0 Å². The molecular weight excluding hydrogens is 154 g/mol. The Morgan fingerprint density at radius 1 is 1.89 bits per heavy atom. The molecule has 0 aliphatic carbocycles. The predicted molar refractivity (Wildman–Crippen MR) is 42.7 cm³/mol. The van der Waals surface area contributed by atoms with E-state index < -0.39 is 0 Å². The van der Waals surface area contributed by atoms with Gasteiger partial charge in [-0.1, -0.05) is 0 Å². The zero-order valence-electron chi connectivity index (χ0n) is 4.92. The van der Waals surface area contributed by atoms with Crippen LogP contribution >= 0.6 is 24.4 Å². The Morgan fingerprint density at radius 3 is 3.00 bits per heavy atom. The molecule has 0 aromatic carbocycles. The van der Waals surface area contributed by atoms with Gasteiger partial charge in [0.1, 0.15) is 0 Å². The van der Waals surface area contributed by atoms with Crippen molar-refractivity contribution in [3.8, 4) is 0 Å². The second kappa shape index (κ2) is 2.66. The zero-order valence-corrected chi connectivity index (χ0v) is 6.63. The lowest BCUT2D eigenvalue weighted by Crippen LogP contribution is -2.22. The van der Waals surface area contributed by atoms with E-state index in [-0.39, 0.29) is 9.82 Å². The van der Waals surface area contributed by atoms with Gasteiger partial charge in [0.05, 0.1) is 4.58 Å². The van der Waals surface area contributed by atoms with Crippen LogP contribution in [0.4, 0.5) is 4.79 Å². The van der Waals surface area contributed by atoms with Gasteiger partial charge in [-0.25, -0.2) is 0 Å². The molecule has 0 spiro atoms. The lowest BCUT2D eigenvalue weighted by molar-refractivity contribution is 0.262. The normalized spacial score (nSPS) is 27.1. The van der Waals surface area contributed by atoms with Crippen molar-refractivity contribution in [1.29, 1.82) is 0 Å². The smallest absolute Gasteiger partial charge is 0.284 e. The van der Waals surface area contributed by atoms with Gasteiger partial charge in [0.25, 0.3) is 5.24 Å².